The predicted octanol–water partition coefficient (Wildman–Crippen LogP) is 3.37. The normalized spacial score (nSPS) is 12.9. The summed E-state index contributed by atoms with van der Waals surface area (Å²) < 4.78 is 5.21. The van der Waals surface area contributed by atoms with Gasteiger partial charge in [0.1, 0.15) is 0 Å². The zero-order valence-electron chi connectivity index (χ0n) is 14.1. The van der Waals surface area contributed by atoms with Gasteiger partial charge in [-0.15, -0.1) is 0 Å². The number of nitrogens with one attached hydrogen (secondary N) is 1. The van der Waals surface area contributed by atoms with E-state index in [0.29, 0.717) is 5.56 Å². The summed E-state index contributed by atoms with van der Waals surface area (Å²) in [5.41, 5.74) is 1.68. The van der Waals surface area contributed by atoms with Gasteiger partial charge in [0.2, 0.25) is 0 Å². The van der Waals surface area contributed by atoms with Crippen LogP contribution in [0.3, 0.4) is 0 Å². The number of carbonyl (C=O) groups is 2. The Bertz CT molecular complexity index is 655. The Morgan fingerprint density at radius 1 is 0.958 bits per heavy atom. The molecule has 0 aliphatic carbocycles. The summed E-state index contributed by atoms with van der Waals surface area (Å²) in [5, 5.41) is 2.89. The van der Waals surface area contributed by atoms with Crippen molar-refractivity contribution in [2.75, 3.05) is 0 Å². The Morgan fingerprint density at radius 3 is 2.17 bits per heavy atom. The molecule has 4 nitrogen and oxygen atoms in total. The van der Waals surface area contributed by atoms with E-state index in [1.807, 2.05) is 31.2 Å². The number of carbonyl (C=O) groups excluding carboxylic acids is 2. The molecule has 126 valence electrons. The molecule has 0 saturated heterocycles. The van der Waals surface area contributed by atoms with Crippen LogP contribution in [0.4, 0.5) is 0 Å². The van der Waals surface area contributed by atoms with Crippen molar-refractivity contribution in [3.05, 3.63) is 71.8 Å². The molecule has 0 bridgehead atoms. The molecule has 1 amide bonds. The van der Waals surface area contributed by atoms with Crippen molar-refractivity contribution >= 4 is 11.9 Å². The van der Waals surface area contributed by atoms with Crippen molar-refractivity contribution in [3.63, 3.8) is 0 Å². The van der Waals surface area contributed by atoms with Crippen molar-refractivity contribution in [2.45, 2.75) is 38.8 Å². The monoisotopic (exact) mass is 325 g/mol. The third kappa shape index (κ3) is 5.54. The molecule has 24 heavy (non-hydrogen) atoms. The second-order valence-electron chi connectivity index (χ2n) is 5.85. The van der Waals surface area contributed by atoms with Crippen molar-refractivity contribution in [3.8, 4) is 0 Å². The molecular weight excluding hydrogens is 302 g/mol. The van der Waals surface area contributed by atoms with Gasteiger partial charge in [0.25, 0.3) is 5.91 Å². The maximum atomic E-state index is 12.1. The van der Waals surface area contributed by atoms with Gasteiger partial charge >= 0.3 is 5.97 Å². The number of esters is 1. The van der Waals surface area contributed by atoms with Crippen LogP contribution >= 0.6 is 0 Å². The van der Waals surface area contributed by atoms with Gasteiger partial charge in [0.05, 0.1) is 5.56 Å². The first-order valence-corrected chi connectivity index (χ1v) is 8.16. The Kier molecular flexibility index (Phi) is 6.55. The fourth-order valence-corrected chi connectivity index (χ4v) is 2.32. The number of aryl methyl sites for hydroxylation is 1. The Balaban J connectivity index is 1.77. The van der Waals surface area contributed by atoms with Crippen molar-refractivity contribution in [2.24, 2.45) is 0 Å². The quantitative estimate of drug-likeness (QED) is 0.794. The van der Waals surface area contributed by atoms with Gasteiger partial charge in [-0.1, -0.05) is 48.5 Å². The van der Waals surface area contributed by atoms with Gasteiger partial charge < -0.3 is 10.1 Å². The van der Waals surface area contributed by atoms with Gasteiger partial charge in [0.15, 0.2) is 6.10 Å². The zero-order chi connectivity index (χ0) is 17.4. The van der Waals surface area contributed by atoms with Gasteiger partial charge in [-0.2, -0.15) is 0 Å². The lowest BCUT2D eigenvalue weighted by atomic mass is 10.1. The van der Waals surface area contributed by atoms with E-state index in [9.17, 15) is 9.59 Å². The molecule has 0 aliphatic rings. The average molecular weight is 325 g/mol. The van der Waals surface area contributed by atoms with Crippen LogP contribution in [0, 0.1) is 0 Å². The minimum atomic E-state index is -0.822. The first-order valence-electron chi connectivity index (χ1n) is 8.16. The summed E-state index contributed by atoms with van der Waals surface area (Å²) in [6.07, 6.45) is 0.896. The van der Waals surface area contributed by atoms with E-state index in [0.717, 1.165) is 12.8 Å². The first kappa shape index (κ1) is 17.7. The Labute approximate surface area is 142 Å². The maximum Gasteiger partial charge on any atom is 0.338 e. The highest BCUT2D eigenvalue weighted by atomic mass is 16.5. The molecule has 2 aromatic rings. The van der Waals surface area contributed by atoms with E-state index in [-0.39, 0.29) is 11.9 Å². The van der Waals surface area contributed by atoms with Crippen LogP contribution in [0.5, 0.6) is 0 Å². The molecule has 1 N–H and O–H groups in total. The number of amides is 1. The number of hydrogen-bond donors (Lipinski definition) is 1. The van der Waals surface area contributed by atoms with Crippen LogP contribution in [0.2, 0.25) is 0 Å². The molecule has 0 unspecified atom stereocenters. The molecule has 0 fully saturated rings. The summed E-state index contributed by atoms with van der Waals surface area (Å²) >= 11 is 0. The second-order valence-corrected chi connectivity index (χ2v) is 5.85. The standard InChI is InChI=1S/C20H23NO3/c1-15(13-14-17-9-5-3-6-10-17)21-19(22)16(2)24-20(23)18-11-7-4-8-12-18/h3-12,15-16H,13-14H2,1-2H3,(H,21,22)/t15-,16-/m1/s1. The Hall–Kier alpha value is -2.62. The molecule has 0 radical (unpaired) electrons. The SMILES string of the molecule is C[C@H](CCc1ccccc1)NC(=O)[C@@H](C)OC(=O)c1ccccc1. The second kappa shape index (κ2) is 8.87. The summed E-state index contributed by atoms with van der Waals surface area (Å²) in [6, 6.07) is 18.8. The molecule has 0 aliphatic heterocycles. The zero-order valence-corrected chi connectivity index (χ0v) is 14.1. The van der Waals surface area contributed by atoms with Crippen LogP contribution in [0.15, 0.2) is 60.7 Å². The highest BCUT2D eigenvalue weighted by Gasteiger charge is 2.20. The first-order chi connectivity index (χ1) is 11.6. The van der Waals surface area contributed by atoms with Gasteiger partial charge in [-0.25, -0.2) is 4.79 Å². The highest BCUT2D eigenvalue weighted by Crippen LogP contribution is 2.07. The number of hydrogen-bond acceptors (Lipinski definition) is 3. The third-order valence-electron chi connectivity index (χ3n) is 3.76. The molecule has 0 heterocycles. The van der Waals surface area contributed by atoms with Crippen LogP contribution < -0.4 is 5.32 Å². The molecule has 2 rings (SSSR count). The molecule has 0 spiro atoms. The van der Waals surface area contributed by atoms with E-state index in [4.69, 9.17) is 4.74 Å². The lowest BCUT2D eigenvalue weighted by molar-refractivity contribution is -0.129. The third-order valence-corrected chi connectivity index (χ3v) is 3.76. The molecule has 4 heteroatoms. The molecule has 0 saturated carbocycles. The van der Waals surface area contributed by atoms with Crippen molar-refractivity contribution in [1.29, 1.82) is 0 Å². The number of rotatable bonds is 7. The summed E-state index contributed by atoms with van der Waals surface area (Å²) in [7, 11) is 0. The lowest BCUT2D eigenvalue weighted by Crippen LogP contribution is -2.41. The van der Waals surface area contributed by atoms with Crippen LogP contribution in [-0.2, 0) is 16.0 Å². The van der Waals surface area contributed by atoms with Crippen molar-refractivity contribution in [1.82, 2.24) is 5.32 Å². The molecule has 2 atom stereocenters. The molecular formula is C20H23NO3. The predicted molar refractivity (Wildman–Crippen MR) is 93.7 cm³/mol. The van der Waals surface area contributed by atoms with E-state index >= 15 is 0 Å². The van der Waals surface area contributed by atoms with E-state index in [1.54, 1.807) is 31.2 Å². The average Bonchev–Trinajstić information content (AvgIpc) is 2.61. The topological polar surface area (TPSA) is 55.4 Å². The Morgan fingerprint density at radius 2 is 1.54 bits per heavy atom. The smallest absolute Gasteiger partial charge is 0.338 e. The van der Waals surface area contributed by atoms with E-state index < -0.39 is 12.1 Å². The molecule has 0 aromatic heterocycles. The number of benzene rings is 2. The van der Waals surface area contributed by atoms with E-state index in [1.165, 1.54) is 5.56 Å². The summed E-state index contributed by atoms with van der Waals surface area (Å²) in [6.45, 7) is 3.53. The van der Waals surface area contributed by atoms with Crippen molar-refractivity contribution < 1.29 is 14.3 Å². The largest absolute Gasteiger partial charge is 0.449 e. The van der Waals surface area contributed by atoms with Crippen LogP contribution in [0.25, 0.3) is 0 Å². The summed E-state index contributed by atoms with van der Waals surface area (Å²) in [4.78, 5) is 24.1. The van der Waals surface area contributed by atoms with Gasteiger partial charge in [-0.05, 0) is 44.4 Å². The van der Waals surface area contributed by atoms with Gasteiger partial charge in [-0.3, -0.25) is 4.79 Å². The van der Waals surface area contributed by atoms with Crippen LogP contribution in [-0.4, -0.2) is 24.0 Å². The summed E-state index contributed by atoms with van der Waals surface area (Å²) in [5.74, 6) is -0.768. The highest BCUT2D eigenvalue weighted by molar-refractivity contribution is 5.92. The van der Waals surface area contributed by atoms with Gasteiger partial charge in [0, 0.05) is 6.04 Å². The van der Waals surface area contributed by atoms with Crippen LogP contribution in [0.1, 0.15) is 36.2 Å². The maximum absolute atomic E-state index is 12.1. The minimum absolute atomic E-state index is 0.00980. The van der Waals surface area contributed by atoms with E-state index in [2.05, 4.69) is 17.4 Å². The minimum Gasteiger partial charge on any atom is -0.449 e. The fourth-order valence-electron chi connectivity index (χ4n) is 2.32. The fraction of sp³-hybridized carbons (Fsp3) is 0.300. The lowest BCUT2D eigenvalue weighted by Gasteiger charge is -2.18. The molecule has 2 aromatic carbocycles. The number of ether oxygens (including phenoxy) is 1.